The predicted octanol–water partition coefficient (Wildman–Crippen LogP) is 5.05. The zero-order chi connectivity index (χ0) is 24.9. The molecule has 0 radical (unpaired) electrons. The van der Waals surface area contributed by atoms with E-state index in [1.165, 1.54) is 4.90 Å². The summed E-state index contributed by atoms with van der Waals surface area (Å²) in [5.41, 5.74) is 3.08. The van der Waals surface area contributed by atoms with Crippen LogP contribution in [0, 0.1) is 0 Å². The summed E-state index contributed by atoms with van der Waals surface area (Å²) in [6.45, 7) is -0.477. The van der Waals surface area contributed by atoms with Crippen molar-refractivity contribution in [3.63, 3.8) is 0 Å². The maximum atomic E-state index is 13.0. The lowest BCUT2D eigenvalue weighted by molar-refractivity contribution is -0.119. The number of halogens is 1. The van der Waals surface area contributed by atoms with Crippen LogP contribution in [-0.2, 0) is 9.53 Å². The number of hydrogen-bond donors (Lipinski definition) is 1. The quantitative estimate of drug-likeness (QED) is 0.384. The number of aromatic nitrogens is 1. The first-order valence-corrected chi connectivity index (χ1v) is 11.1. The first kappa shape index (κ1) is 23.9. The van der Waals surface area contributed by atoms with Crippen molar-refractivity contribution in [2.75, 3.05) is 26.0 Å². The number of carbonyl (C=O) groups is 3. The van der Waals surface area contributed by atoms with Gasteiger partial charge in [-0.3, -0.25) is 9.59 Å². The lowest BCUT2D eigenvalue weighted by Gasteiger charge is -2.12. The van der Waals surface area contributed by atoms with Crippen LogP contribution in [-0.4, -0.2) is 48.4 Å². The molecule has 1 N–H and O–H groups in total. The van der Waals surface area contributed by atoms with Crippen molar-refractivity contribution in [2.24, 2.45) is 0 Å². The summed E-state index contributed by atoms with van der Waals surface area (Å²) in [5.74, 6) is -1.30. The molecule has 0 aliphatic rings. The number of ether oxygens (including phenoxy) is 1. The van der Waals surface area contributed by atoms with E-state index in [4.69, 9.17) is 16.3 Å². The van der Waals surface area contributed by atoms with Crippen LogP contribution in [0.2, 0.25) is 5.02 Å². The van der Waals surface area contributed by atoms with Gasteiger partial charge in [-0.05, 0) is 42.5 Å². The lowest BCUT2D eigenvalue weighted by atomic mass is 10.0. The summed E-state index contributed by atoms with van der Waals surface area (Å²) in [7, 11) is 3.32. The molecule has 0 aliphatic heterocycles. The van der Waals surface area contributed by atoms with Crippen LogP contribution in [0.4, 0.5) is 5.69 Å². The second kappa shape index (κ2) is 10.4. The first-order chi connectivity index (χ1) is 16.8. The monoisotopic (exact) mass is 487 g/mol. The topological polar surface area (TPSA) is 88.6 Å². The molecule has 176 valence electrons. The van der Waals surface area contributed by atoms with Crippen molar-refractivity contribution in [1.82, 2.24) is 9.88 Å². The average Bonchev–Trinajstić information content (AvgIpc) is 2.87. The van der Waals surface area contributed by atoms with Crippen LogP contribution in [0.25, 0.3) is 22.2 Å². The van der Waals surface area contributed by atoms with Crippen LogP contribution in [0.5, 0.6) is 0 Å². The summed E-state index contributed by atoms with van der Waals surface area (Å²) in [6, 6.07) is 22.5. The molecule has 4 aromatic rings. The maximum absolute atomic E-state index is 13.0. The van der Waals surface area contributed by atoms with Crippen molar-refractivity contribution < 1.29 is 19.1 Å². The van der Waals surface area contributed by atoms with Crippen LogP contribution in [0.3, 0.4) is 0 Å². The van der Waals surface area contributed by atoms with Crippen molar-refractivity contribution in [1.29, 1.82) is 0 Å². The number of anilines is 1. The van der Waals surface area contributed by atoms with E-state index in [-0.39, 0.29) is 11.5 Å². The van der Waals surface area contributed by atoms with Crippen LogP contribution in [0.15, 0.2) is 78.9 Å². The number of rotatable bonds is 6. The van der Waals surface area contributed by atoms with Crippen molar-refractivity contribution in [2.45, 2.75) is 0 Å². The number of nitrogens with one attached hydrogen (secondary N) is 1. The third-order valence-electron chi connectivity index (χ3n) is 5.24. The minimum absolute atomic E-state index is 0.141. The fourth-order valence-corrected chi connectivity index (χ4v) is 3.74. The molecule has 0 atom stereocenters. The first-order valence-electron chi connectivity index (χ1n) is 10.8. The van der Waals surface area contributed by atoms with Gasteiger partial charge in [0, 0.05) is 41.3 Å². The summed E-state index contributed by atoms with van der Waals surface area (Å²) < 4.78 is 5.31. The molecule has 1 aromatic heterocycles. The Labute approximate surface area is 207 Å². The molecule has 0 saturated carbocycles. The fraction of sp³-hybridized carbons (Fsp3) is 0.111. The molecule has 0 saturated heterocycles. The summed E-state index contributed by atoms with van der Waals surface area (Å²) in [4.78, 5) is 43.4. The van der Waals surface area contributed by atoms with Gasteiger partial charge < -0.3 is 15.0 Å². The molecular formula is C27H22ClN3O4. The molecule has 0 spiro atoms. The number of benzene rings is 3. The third-order valence-corrected chi connectivity index (χ3v) is 5.57. The fourth-order valence-electron chi connectivity index (χ4n) is 3.51. The molecule has 8 heteroatoms. The second-order valence-corrected chi connectivity index (χ2v) is 8.36. The Bertz CT molecular complexity index is 1420. The number of hydrogen-bond acceptors (Lipinski definition) is 5. The van der Waals surface area contributed by atoms with Crippen molar-refractivity contribution >= 4 is 46.0 Å². The van der Waals surface area contributed by atoms with Gasteiger partial charge in [-0.1, -0.05) is 48.0 Å². The molecular weight excluding hydrogens is 466 g/mol. The van der Waals surface area contributed by atoms with Crippen LogP contribution < -0.4 is 5.32 Å². The van der Waals surface area contributed by atoms with Gasteiger partial charge >= 0.3 is 5.97 Å². The van der Waals surface area contributed by atoms with E-state index >= 15 is 0 Å². The van der Waals surface area contributed by atoms with Crippen molar-refractivity contribution in [3.8, 4) is 11.3 Å². The Hall–Kier alpha value is -4.23. The van der Waals surface area contributed by atoms with Gasteiger partial charge in [-0.2, -0.15) is 0 Å². The van der Waals surface area contributed by atoms with E-state index in [1.54, 1.807) is 68.7 Å². The van der Waals surface area contributed by atoms with Crippen molar-refractivity contribution in [3.05, 3.63) is 95.0 Å². The predicted molar refractivity (Wildman–Crippen MR) is 136 cm³/mol. The molecule has 3 aromatic carbocycles. The molecule has 0 aliphatic carbocycles. The second-order valence-electron chi connectivity index (χ2n) is 7.95. The number of pyridine rings is 1. The normalized spacial score (nSPS) is 10.6. The largest absolute Gasteiger partial charge is 0.452 e. The highest BCUT2D eigenvalue weighted by molar-refractivity contribution is 6.33. The number of amides is 2. The number of carbonyl (C=O) groups excluding carboxylic acids is 3. The van der Waals surface area contributed by atoms with E-state index in [0.717, 1.165) is 0 Å². The van der Waals surface area contributed by atoms with E-state index in [9.17, 15) is 14.4 Å². The number of fused-ring (bicyclic) bond motifs is 1. The van der Waals surface area contributed by atoms with Gasteiger partial charge in [-0.15, -0.1) is 0 Å². The SMILES string of the molecule is CN(C)C(=O)c1ccc(NC(=O)COC(=O)c2cc(-c3ccccc3Cl)nc3ccccc23)cc1. The minimum atomic E-state index is -0.654. The summed E-state index contributed by atoms with van der Waals surface area (Å²) >= 11 is 6.33. The average molecular weight is 488 g/mol. The highest BCUT2D eigenvalue weighted by Gasteiger charge is 2.17. The van der Waals surface area contributed by atoms with Gasteiger partial charge in [0.2, 0.25) is 0 Å². The Balaban J connectivity index is 1.49. The van der Waals surface area contributed by atoms with E-state index < -0.39 is 18.5 Å². The van der Waals surface area contributed by atoms with Crippen LogP contribution >= 0.6 is 11.6 Å². The smallest absolute Gasteiger partial charge is 0.339 e. The third kappa shape index (κ3) is 5.47. The lowest BCUT2D eigenvalue weighted by Crippen LogP contribution is -2.22. The Kier molecular flexibility index (Phi) is 7.08. The Morgan fingerprint density at radius 2 is 1.63 bits per heavy atom. The van der Waals surface area contributed by atoms with Gasteiger partial charge in [-0.25, -0.2) is 9.78 Å². The van der Waals surface area contributed by atoms with Gasteiger partial charge in [0.1, 0.15) is 0 Å². The summed E-state index contributed by atoms with van der Waals surface area (Å²) in [5, 5.41) is 3.77. The molecule has 0 fully saturated rings. The van der Waals surface area contributed by atoms with Gasteiger partial charge in [0.05, 0.1) is 16.8 Å². The number of nitrogens with zero attached hydrogens (tertiary/aromatic N) is 2. The zero-order valence-corrected chi connectivity index (χ0v) is 19.9. The van der Waals surface area contributed by atoms with Crippen LogP contribution in [0.1, 0.15) is 20.7 Å². The van der Waals surface area contributed by atoms with Gasteiger partial charge in [0.25, 0.3) is 11.8 Å². The molecule has 0 bridgehead atoms. The number of para-hydroxylation sites is 1. The Morgan fingerprint density at radius 3 is 2.34 bits per heavy atom. The molecule has 4 rings (SSSR count). The van der Waals surface area contributed by atoms with E-state index in [0.29, 0.717) is 38.4 Å². The molecule has 7 nitrogen and oxygen atoms in total. The molecule has 2 amide bonds. The zero-order valence-electron chi connectivity index (χ0n) is 19.1. The maximum Gasteiger partial charge on any atom is 0.339 e. The minimum Gasteiger partial charge on any atom is -0.452 e. The highest BCUT2D eigenvalue weighted by Crippen LogP contribution is 2.30. The molecule has 35 heavy (non-hydrogen) atoms. The summed E-state index contributed by atoms with van der Waals surface area (Å²) in [6.07, 6.45) is 0. The molecule has 0 unspecified atom stereocenters. The number of esters is 1. The standard InChI is InChI=1S/C27H22ClN3O4/c1-31(2)26(33)17-11-13-18(14-12-17)29-25(32)16-35-27(34)21-15-24(20-8-3-5-9-22(20)28)30-23-10-6-4-7-19(21)23/h3-15H,16H2,1-2H3,(H,29,32). The Morgan fingerprint density at radius 1 is 0.943 bits per heavy atom. The molecule has 1 heterocycles. The highest BCUT2D eigenvalue weighted by atomic mass is 35.5. The van der Waals surface area contributed by atoms with Gasteiger partial charge in [0.15, 0.2) is 6.61 Å². The van der Waals surface area contributed by atoms with E-state index in [1.807, 2.05) is 24.3 Å². The van der Waals surface area contributed by atoms with E-state index in [2.05, 4.69) is 10.3 Å².